The topological polar surface area (TPSA) is 58.4 Å². The average molecular weight is 312 g/mol. The maximum Gasteiger partial charge on any atom is 0.279 e. The normalized spacial score (nSPS) is 17.6. The molecule has 0 unspecified atom stereocenters. The van der Waals surface area contributed by atoms with Gasteiger partial charge in [0.15, 0.2) is 0 Å². The van der Waals surface area contributed by atoms with Gasteiger partial charge in [0.2, 0.25) is 0 Å². The fraction of sp³-hybridized carbons (Fsp3) is 0.353. The number of nitrogens with zero attached hydrogens (tertiary/aromatic N) is 4. The Balaban J connectivity index is 2.09. The molecule has 2 aromatic rings. The molecule has 3 rings (SSSR count). The summed E-state index contributed by atoms with van der Waals surface area (Å²) in [6.07, 6.45) is 0.864. The highest BCUT2D eigenvalue weighted by Crippen LogP contribution is 2.34. The summed E-state index contributed by atoms with van der Waals surface area (Å²) in [7, 11) is 3.58. The summed E-state index contributed by atoms with van der Waals surface area (Å²) in [4.78, 5) is 28.5. The molecule has 2 heterocycles. The molecule has 0 aliphatic carbocycles. The van der Waals surface area contributed by atoms with Crippen LogP contribution in [0.15, 0.2) is 41.2 Å². The SMILES string of the molecule is C[C@@H]1CCN(C)c2ccccc2N1C(=O)c1ccc(=O)n(C)n1. The molecule has 0 spiro atoms. The van der Waals surface area contributed by atoms with Crippen LogP contribution in [0.3, 0.4) is 0 Å². The number of carbonyl (C=O) groups is 1. The van der Waals surface area contributed by atoms with Gasteiger partial charge in [0.1, 0.15) is 5.69 Å². The lowest BCUT2D eigenvalue weighted by molar-refractivity contribution is 0.0971. The smallest absolute Gasteiger partial charge is 0.279 e. The van der Waals surface area contributed by atoms with Crippen molar-refractivity contribution in [3.63, 3.8) is 0 Å². The monoisotopic (exact) mass is 312 g/mol. The van der Waals surface area contributed by atoms with E-state index >= 15 is 0 Å². The first-order chi connectivity index (χ1) is 11.0. The van der Waals surface area contributed by atoms with Gasteiger partial charge in [-0.2, -0.15) is 5.10 Å². The Labute approximate surface area is 134 Å². The molecule has 0 bridgehead atoms. The molecule has 0 radical (unpaired) electrons. The van der Waals surface area contributed by atoms with Crippen LogP contribution in [0, 0.1) is 0 Å². The molecule has 1 atom stereocenters. The third-order valence-corrected chi connectivity index (χ3v) is 4.27. The lowest BCUT2D eigenvalue weighted by Gasteiger charge is -2.28. The molecule has 6 nitrogen and oxygen atoms in total. The molecule has 23 heavy (non-hydrogen) atoms. The highest BCUT2D eigenvalue weighted by Gasteiger charge is 2.29. The Kier molecular flexibility index (Phi) is 3.90. The molecule has 1 amide bonds. The van der Waals surface area contributed by atoms with E-state index in [1.54, 1.807) is 11.9 Å². The van der Waals surface area contributed by atoms with E-state index in [4.69, 9.17) is 0 Å². The second-order valence-electron chi connectivity index (χ2n) is 5.90. The van der Waals surface area contributed by atoms with E-state index in [-0.39, 0.29) is 23.2 Å². The van der Waals surface area contributed by atoms with Crippen LogP contribution in [0.4, 0.5) is 11.4 Å². The minimum Gasteiger partial charge on any atom is -0.373 e. The fourth-order valence-corrected chi connectivity index (χ4v) is 2.91. The summed E-state index contributed by atoms with van der Waals surface area (Å²) < 4.78 is 1.19. The van der Waals surface area contributed by atoms with Gasteiger partial charge in [0.05, 0.1) is 11.4 Å². The number of anilines is 2. The number of aromatic nitrogens is 2. The Bertz CT molecular complexity index is 799. The first-order valence-electron chi connectivity index (χ1n) is 7.67. The number of rotatable bonds is 1. The average Bonchev–Trinajstić information content (AvgIpc) is 2.67. The molecule has 1 aromatic heterocycles. The van der Waals surface area contributed by atoms with Crippen molar-refractivity contribution in [3.05, 3.63) is 52.4 Å². The Hall–Kier alpha value is -2.63. The van der Waals surface area contributed by atoms with E-state index in [9.17, 15) is 9.59 Å². The summed E-state index contributed by atoms with van der Waals surface area (Å²) in [6, 6.07) is 10.8. The van der Waals surface area contributed by atoms with Crippen molar-refractivity contribution in [1.82, 2.24) is 9.78 Å². The number of amides is 1. The van der Waals surface area contributed by atoms with E-state index < -0.39 is 0 Å². The number of para-hydroxylation sites is 2. The van der Waals surface area contributed by atoms with Gasteiger partial charge in [-0.3, -0.25) is 9.59 Å². The summed E-state index contributed by atoms with van der Waals surface area (Å²) in [5, 5.41) is 4.10. The molecule has 0 saturated carbocycles. The summed E-state index contributed by atoms with van der Waals surface area (Å²) in [6.45, 7) is 2.92. The van der Waals surface area contributed by atoms with Crippen LogP contribution in [0.1, 0.15) is 23.8 Å². The Morgan fingerprint density at radius 1 is 1.13 bits per heavy atom. The summed E-state index contributed by atoms with van der Waals surface area (Å²) in [5.41, 5.74) is 1.94. The van der Waals surface area contributed by atoms with E-state index in [1.807, 2.05) is 38.2 Å². The van der Waals surface area contributed by atoms with Crippen LogP contribution in [-0.2, 0) is 7.05 Å². The van der Waals surface area contributed by atoms with Crippen LogP contribution < -0.4 is 15.4 Å². The number of fused-ring (bicyclic) bond motifs is 1. The van der Waals surface area contributed by atoms with Crippen molar-refractivity contribution in [1.29, 1.82) is 0 Å². The van der Waals surface area contributed by atoms with Crippen molar-refractivity contribution in [2.75, 3.05) is 23.4 Å². The van der Waals surface area contributed by atoms with Crippen molar-refractivity contribution in [2.24, 2.45) is 7.05 Å². The number of hydrogen-bond donors (Lipinski definition) is 0. The quantitative estimate of drug-likeness (QED) is 0.803. The lowest BCUT2D eigenvalue weighted by Crippen LogP contribution is -2.39. The van der Waals surface area contributed by atoms with Gasteiger partial charge in [-0.25, -0.2) is 4.68 Å². The standard InChI is InChI=1S/C17H20N4O2/c1-12-10-11-19(2)14-6-4-5-7-15(14)21(12)17(23)13-8-9-16(22)20(3)18-13/h4-9,12H,10-11H2,1-3H3/t12-/m1/s1. The minimum atomic E-state index is -0.231. The molecule has 1 aromatic carbocycles. The zero-order valence-electron chi connectivity index (χ0n) is 13.6. The van der Waals surface area contributed by atoms with Gasteiger partial charge in [0, 0.05) is 32.7 Å². The molecular formula is C17H20N4O2. The fourth-order valence-electron chi connectivity index (χ4n) is 2.91. The third-order valence-electron chi connectivity index (χ3n) is 4.27. The van der Waals surface area contributed by atoms with Crippen molar-refractivity contribution >= 4 is 17.3 Å². The van der Waals surface area contributed by atoms with Gasteiger partial charge in [0.25, 0.3) is 11.5 Å². The second kappa shape index (κ2) is 5.87. The first kappa shape index (κ1) is 15.3. The first-order valence-corrected chi connectivity index (χ1v) is 7.67. The van der Waals surface area contributed by atoms with Gasteiger partial charge in [-0.1, -0.05) is 12.1 Å². The van der Waals surface area contributed by atoms with Gasteiger partial charge < -0.3 is 9.80 Å². The van der Waals surface area contributed by atoms with Crippen molar-refractivity contribution in [3.8, 4) is 0 Å². The molecule has 1 aliphatic heterocycles. The second-order valence-corrected chi connectivity index (χ2v) is 5.90. The number of carbonyl (C=O) groups excluding carboxylic acids is 1. The molecule has 0 fully saturated rings. The summed E-state index contributed by atoms with van der Waals surface area (Å²) >= 11 is 0. The predicted molar refractivity (Wildman–Crippen MR) is 90.1 cm³/mol. The molecule has 1 aliphatic rings. The highest BCUT2D eigenvalue weighted by molar-refractivity contribution is 6.07. The molecule has 120 valence electrons. The van der Waals surface area contributed by atoms with Crippen LogP contribution in [0.25, 0.3) is 0 Å². The highest BCUT2D eigenvalue weighted by atomic mass is 16.2. The van der Waals surface area contributed by atoms with E-state index in [1.165, 1.54) is 16.8 Å². The number of aryl methyl sites for hydroxylation is 1. The van der Waals surface area contributed by atoms with Crippen LogP contribution >= 0.6 is 0 Å². The molecule has 6 heteroatoms. The summed E-state index contributed by atoms with van der Waals surface area (Å²) in [5.74, 6) is -0.184. The van der Waals surface area contributed by atoms with Crippen LogP contribution in [0.2, 0.25) is 0 Å². The zero-order valence-corrected chi connectivity index (χ0v) is 13.6. The Morgan fingerprint density at radius 2 is 1.83 bits per heavy atom. The lowest BCUT2D eigenvalue weighted by atomic mass is 10.1. The van der Waals surface area contributed by atoms with Crippen LogP contribution in [-0.4, -0.2) is 35.3 Å². The maximum atomic E-state index is 13.0. The van der Waals surface area contributed by atoms with E-state index in [2.05, 4.69) is 10.00 Å². The van der Waals surface area contributed by atoms with Gasteiger partial charge in [-0.05, 0) is 31.5 Å². The van der Waals surface area contributed by atoms with Gasteiger partial charge >= 0.3 is 0 Å². The maximum absolute atomic E-state index is 13.0. The van der Waals surface area contributed by atoms with E-state index in [0.29, 0.717) is 0 Å². The van der Waals surface area contributed by atoms with E-state index in [0.717, 1.165) is 24.3 Å². The van der Waals surface area contributed by atoms with Crippen molar-refractivity contribution in [2.45, 2.75) is 19.4 Å². The third kappa shape index (κ3) is 2.72. The Morgan fingerprint density at radius 3 is 2.52 bits per heavy atom. The number of hydrogen-bond acceptors (Lipinski definition) is 4. The molecular weight excluding hydrogens is 292 g/mol. The predicted octanol–water partition coefficient (Wildman–Crippen LogP) is 1.66. The minimum absolute atomic E-state index is 0.0487. The van der Waals surface area contributed by atoms with Crippen LogP contribution in [0.5, 0.6) is 0 Å². The van der Waals surface area contributed by atoms with Crippen molar-refractivity contribution < 1.29 is 4.79 Å². The number of benzene rings is 1. The molecule has 0 N–H and O–H groups in total. The zero-order chi connectivity index (χ0) is 16.6. The molecule has 0 saturated heterocycles. The van der Waals surface area contributed by atoms with Gasteiger partial charge in [-0.15, -0.1) is 0 Å². The largest absolute Gasteiger partial charge is 0.373 e.